The molecule has 0 amide bonds. The lowest BCUT2D eigenvalue weighted by Gasteiger charge is -2.16. The summed E-state index contributed by atoms with van der Waals surface area (Å²) in [4.78, 5) is 4.49. The van der Waals surface area contributed by atoms with Gasteiger partial charge in [0.25, 0.3) is 0 Å². The van der Waals surface area contributed by atoms with E-state index in [4.69, 9.17) is 10.5 Å². The Labute approximate surface area is 107 Å². The number of benzene rings is 1. The van der Waals surface area contributed by atoms with Crippen molar-refractivity contribution < 1.29 is 4.74 Å². The van der Waals surface area contributed by atoms with Crippen molar-refractivity contribution in [2.45, 2.75) is 18.3 Å². The molecule has 1 aromatic carbocycles. The molecular formula is C15H16N2O. The van der Waals surface area contributed by atoms with E-state index in [9.17, 15) is 0 Å². The van der Waals surface area contributed by atoms with Crippen molar-refractivity contribution >= 4 is 5.69 Å². The van der Waals surface area contributed by atoms with E-state index in [0.717, 1.165) is 24.3 Å². The molecule has 1 aliphatic carbocycles. The molecule has 0 atom stereocenters. The van der Waals surface area contributed by atoms with Crippen LogP contribution in [0.1, 0.15) is 24.1 Å². The summed E-state index contributed by atoms with van der Waals surface area (Å²) in [6.07, 6.45) is 4.12. The zero-order chi connectivity index (χ0) is 12.6. The van der Waals surface area contributed by atoms with Crippen LogP contribution in [0.25, 0.3) is 0 Å². The Morgan fingerprint density at radius 3 is 2.61 bits per heavy atom. The molecule has 2 aromatic rings. The summed E-state index contributed by atoms with van der Waals surface area (Å²) in [5, 5.41) is 0. The minimum atomic E-state index is 0.0711. The summed E-state index contributed by atoms with van der Waals surface area (Å²) in [5.74, 6) is 0.732. The Hall–Kier alpha value is -2.03. The molecule has 0 aliphatic heterocycles. The van der Waals surface area contributed by atoms with Gasteiger partial charge in [0.05, 0.1) is 18.5 Å². The van der Waals surface area contributed by atoms with Gasteiger partial charge in [-0.1, -0.05) is 12.1 Å². The van der Waals surface area contributed by atoms with E-state index in [1.54, 1.807) is 7.11 Å². The zero-order valence-electron chi connectivity index (χ0n) is 10.4. The van der Waals surface area contributed by atoms with Crippen LogP contribution in [0.15, 0.2) is 42.6 Å². The molecule has 1 aliphatic rings. The summed E-state index contributed by atoms with van der Waals surface area (Å²) >= 11 is 0. The number of hydrogen-bond acceptors (Lipinski definition) is 3. The van der Waals surface area contributed by atoms with Crippen molar-refractivity contribution in [1.29, 1.82) is 0 Å². The number of methoxy groups -OCH3 is 1. The fourth-order valence-electron chi connectivity index (χ4n) is 2.50. The number of hydrogen-bond donors (Lipinski definition) is 1. The second-order valence-electron chi connectivity index (χ2n) is 4.75. The SMILES string of the molecule is COc1ccc(C2(c3ccccn3)CC2)cc1N. The van der Waals surface area contributed by atoms with Gasteiger partial charge in [-0.05, 0) is 42.7 Å². The summed E-state index contributed by atoms with van der Waals surface area (Å²) in [6, 6.07) is 12.1. The van der Waals surface area contributed by atoms with E-state index in [1.165, 1.54) is 5.56 Å². The number of rotatable bonds is 3. The second kappa shape index (κ2) is 4.02. The Bertz CT molecular complexity index is 562. The normalized spacial score (nSPS) is 16.3. The standard InChI is InChI=1S/C15H16N2O/c1-18-13-6-5-11(10-12(13)16)15(7-8-15)14-4-2-3-9-17-14/h2-6,9-10H,7-8,16H2,1H3. The van der Waals surface area contributed by atoms with Gasteiger partial charge < -0.3 is 10.5 Å². The Kier molecular flexibility index (Phi) is 2.47. The molecule has 0 unspecified atom stereocenters. The second-order valence-corrected chi connectivity index (χ2v) is 4.75. The lowest BCUT2D eigenvalue weighted by molar-refractivity contribution is 0.416. The number of anilines is 1. The molecule has 1 saturated carbocycles. The van der Waals surface area contributed by atoms with Gasteiger partial charge in [0.1, 0.15) is 5.75 Å². The molecule has 18 heavy (non-hydrogen) atoms. The van der Waals surface area contributed by atoms with Crippen LogP contribution in [0.5, 0.6) is 5.75 Å². The summed E-state index contributed by atoms with van der Waals surface area (Å²) < 4.78 is 5.20. The first-order valence-electron chi connectivity index (χ1n) is 6.12. The number of nitrogen functional groups attached to an aromatic ring is 1. The van der Waals surface area contributed by atoms with Crippen molar-refractivity contribution in [2.75, 3.05) is 12.8 Å². The predicted octanol–water partition coefficient (Wildman–Crippen LogP) is 2.75. The maximum atomic E-state index is 5.99. The Morgan fingerprint density at radius 2 is 2.06 bits per heavy atom. The van der Waals surface area contributed by atoms with Gasteiger partial charge in [0, 0.05) is 11.6 Å². The molecular weight excluding hydrogens is 224 g/mol. The van der Waals surface area contributed by atoms with Crippen molar-refractivity contribution in [3.05, 3.63) is 53.9 Å². The molecule has 3 rings (SSSR count). The van der Waals surface area contributed by atoms with Crippen molar-refractivity contribution in [2.24, 2.45) is 0 Å². The van der Waals surface area contributed by atoms with Crippen molar-refractivity contribution in [3.63, 3.8) is 0 Å². The number of pyridine rings is 1. The highest BCUT2D eigenvalue weighted by Crippen LogP contribution is 2.53. The van der Waals surface area contributed by atoms with Gasteiger partial charge in [-0.15, -0.1) is 0 Å². The molecule has 3 nitrogen and oxygen atoms in total. The smallest absolute Gasteiger partial charge is 0.141 e. The van der Waals surface area contributed by atoms with E-state index in [-0.39, 0.29) is 5.41 Å². The lowest BCUT2D eigenvalue weighted by Crippen LogP contribution is -2.11. The first-order chi connectivity index (χ1) is 8.76. The van der Waals surface area contributed by atoms with Crippen molar-refractivity contribution in [1.82, 2.24) is 4.98 Å². The van der Waals surface area contributed by atoms with Gasteiger partial charge in [0.2, 0.25) is 0 Å². The average Bonchev–Trinajstić information content (AvgIpc) is 3.21. The molecule has 1 fully saturated rings. The van der Waals surface area contributed by atoms with Gasteiger partial charge >= 0.3 is 0 Å². The number of ether oxygens (including phenoxy) is 1. The van der Waals surface area contributed by atoms with Gasteiger partial charge in [0.15, 0.2) is 0 Å². The van der Waals surface area contributed by atoms with E-state index < -0.39 is 0 Å². The largest absolute Gasteiger partial charge is 0.495 e. The topological polar surface area (TPSA) is 48.1 Å². The first-order valence-corrected chi connectivity index (χ1v) is 6.12. The summed E-state index contributed by atoms with van der Waals surface area (Å²) in [7, 11) is 1.64. The summed E-state index contributed by atoms with van der Waals surface area (Å²) in [5.41, 5.74) is 9.12. The van der Waals surface area contributed by atoms with E-state index in [2.05, 4.69) is 17.1 Å². The first kappa shape index (κ1) is 11.1. The van der Waals surface area contributed by atoms with Crippen LogP contribution in [0, 0.1) is 0 Å². The highest BCUT2D eigenvalue weighted by molar-refractivity contribution is 5.58. The minimum absolute atomic E-state index is 0.0711. The van der Waals surface area contributed by atoms with Crippen LogP contribution >= 0.6 is 0 Å². The highest BCUT2D eigenvalue weighted by Gasteiger charge is 2.47. The van der Waals surface area contributed by atoms with Crippen LogP contribution in [-0.4, -0.2) is 12.1 Å². The number of aromatic nitrogens is 1. The Balaban J connectivity index is 2.03. The minimum Gasteiger partial charge on any atom is -0.495 e. The molecule has 1 aromatic heterocycles. The van der Waals surface area contributed by atoms with E-state index >= 15 is 0 Å². The maximum absolute atomic E-state index is 5.99. The quantitative estimate of drug-likeness (QED) is 0.839. The molecule has 0 spiro atoms. The average molecular weight is 240 g/mol. The van der Waals surface area contributed by atoms with Crippen LogP contribution in [0.3, 0.4) is 0 Å². The predicted molar refractivity (Wildman–Crippen MR) is 71.7 cm³/mol. The molecule has 0 saturated heterocycles. The Morgan fingerprint density at radius 1 is 1.22 bits per heavy atom. The van der Waals surface area contributed by atoms with Crippen LogP contribution < -0.4 is 10.5 Å². The third-order valence-electron chi connectivity index (χ3n) is 3.69. The summed E-state index contributed by atoms with van der Waals surface area (Å²) in [6.45, 7) is 0. The van der Waals surface area contributed by atoms with E-state index in [0.29, 0.717) is 5.69 Å². The molecule has 2 N–H and O–H groups in total. The zero-order valence-corrected chi connectivity index (χ0v) is 10.4. The molecule has 92 valence electrons. The highest BCUT2D eigenvalue weighted by atomic mass is 16.5. The van der Waals surface area contributed by atoms with Crippen molar-refractivity contribution in [3.8, 4) is 5.75 Å². The van der Waals surface area contributed by atoms with Gasteiger partial charge in [-0.2, -0.15) is 0 Å². The molecule has 0 bridgehead atoms. The van der Waals surface area contributed by atoms with Gasteiger partial charge in [-0.3, -0.25) is 4.98 Å². The van der Waals surface area contributed by atoms with Gasteiger partial charge in [-0.25, -0.2) is 0 Å². The molecule has 3 heteroatoms. The third kappa shape index (κ3) is 1.63. The van der Waals surface area contributed by atoms with E-state index in [1.807, 2.05) is 30.5 Å². The molecule has 1 heterocycles. The fourth-order valence-corrected chi connectivity index (χ4v) is 2.50. The monoisotopic (exact) mass is 240 g/mol. The van der Waals surface area contributed by atoms with Crippen LogP contribution in [0.4, 0.5) is 5.69 Å². The van der Waals surface area contributed by atoms with Crippen LogP contribution in [0.2, 0.25) is 0 Å². The van der Waals surface area contributed by atoms with Crippen LogP contribution in [-0.2, 0) is 5.41 Å². The maximum Gasteiger partial charge on any atom is 0.141 e. The number of nitrogens with two attached hydrogens (primary N) is 1. The number of nitrogens with zero attached hydrogens (tertiary/aromatic N) is 1. The molecule has 0 radical (unpaired) electrons. The lowest BCUT2D eigenvalue weighted by atomic mass is 9.91. The third-order valence-corrected chi connectivity index (χ3v) is 3.69. The fraction of sp³-hybridized carbons (Fsp3) is 0.267.